The summed E-state index contributed by atoms with van der Waals surface area (Å²) >= 11 is 0. The van der Waals surface area contributed by atoms with Crippen LogP contribution in [0.1, 0.15) is 10.4 Å². The smallest absolute Gasteiger partial charge is 0.285 e. The average molecular weight is 295 g/mol. The van der Waals surface area contributed by atoms with E-state index in [0.717, 1.165) is 5.82 Å². The van der Waals surface area contributed by atoms with Crippen LogP contribution in [0.3, 0.4) is 0 Å². The Kier molecular flexibility index (Phi) is 3.96. The van der Waals surface area contributed by atoms with Gasteiger partial charge in [-0.2, -0.15) is 5.48 Å². The van der Waals surface area contributed by atoms with Crippen molar-refractivity contribution in [2.75, 3.05) is 5.32 Å². The fourth-order valence-corrected chi connectivity index (χ4v) is 1.79. The van der Waals surface area contributed by atoms with Gasteiger partial charge in [-0.25, -0.2) is 4.98 Å². The molecule has 3 rings (SSSR count). The number of amides is 1. The molecule has 0 aliphatic rings. The molecular weight excluding hydrogens is 282 g/mol. The van der Waals surface area contributed by atoms with E-state index in [1.807, 2.05) is 18.2 Å². The first kappa shape index (κ1) is 13.6. The number of nitrogens with zero attached hydrogens (tertiary/aromatic N) is 2. The van der Waals surface area contributed by atoms with Crippen molar-refractivity contribution in [1.82, 2.24) is 20.4 Å². The molecule has 1 aromatic carbocycles. The second-order valence-electron chi connectivity index (χ2n) is 4.36. The Morgan fingerprint density at radius 3 is 2.77 bits per heavy atom. The first-order valence-corrected chi connectivity index (χ1v) is 6.54. The number of hydrogen-bond donors (Lipinski definition) is 3. The van der Waals surface area contributed by atoms with Crippen LogP contribution in [0, 0.1) is 0 Å². The number of carbonyl (C=O) groups excluding carboxylic acids is 1. The number of rotatable bonds is 5. The summed E-state index contributed by atoms with van der Waals surface area (Å²) in [5.74, 6) is 0.827. The van der Waals surface area contributed by atoms with Crippen LogP contribution in [0.15, 0.2) is 61.3 Å². The Labute approximate surface area is 126 Å². The Morgan fingerprint density at radius 1 is 1.09 bits per heavy atom. The van der Waals surface area contributed by atoms with Crippen LogP contribution in [0.2, 0.25) is 0 Å². The lowest BCUT2D eigenvalue weighted by Gasteiger charge is -2.11. The Morgan fingerprint density at radius 2 is 2.00 bits per heavy atom. The summed E-state index contributed by atoms with van der Waals surface area (Å²) in [6.07, 6.45) is 6.27. The number of aromatic nitrogens is 3. The summed E-state index contributed by atoms with van der Waals surface area (Å²) in [7, 11) is 0. The van der Waals surface area contributed by atoms with Crippen molar-refractivity contribution in [2.45, 2.75) is 0 Å². The molecule has 0 aliphatic carbocycles. The highest BCUT2D eigenvalue weighted by molar-refractivity contribution is 5.93. The lowest BCUT2D eigenvalue weighted by Crippen LogP contribution is -2.27. The van der Waals surface area contributed by atoms with Crippen LogP contribution in [0.5, 0.6) is 5.75 Å². The quantitative estimate of drug-likeness (QED) is 0.628. The second-order valence-corrected chi connectivity index (χ2v) is 4.36. The molecule has 0 saturated heterocycles. The standard InChI is InChI=1S/C15H13N5O2/c21-15(11-4-3-7-16-8-11)20-22-13-6-2-1-5-12(13)19-14-9-17-10-18-14/h1-10,19H,(H,17,18)(H,20,21). The highest BCUT2D eigenvalue weighted by atomic mass is 16.7. The van der Waals surface area contributed by atoms with Crippen LogP contribution in [0.4, 0.5) is 11.5 Å². The molecule has 0 radical (unpaired) electrons. The van der Waals surface area contributed by atoms with Gasteiger partial charge in [-0.05, 0) is 24.3 Å². The van der Waals surface area contributed by atoms with Crippen molar-refractivity contribution in [2.24, 2.45) is 0 Å². The Balaban J connectivity index is 1.69. The monoisotopic (exact) mass is 295 g/mol. The maximum absolute atomic E-state index is 11.9. The summed E-state index contributed by atoms with van der Waals surface area (Å²) < 4.78 is 0. The van der Waals surface area contributed by atoms with E-state index in [4.69, 9.17) is 4.84 Å². The van der Waals surface area contributed by atoms with Crippen molar-refractivity contribution in [1.29, 1.82) is 0 Å². The van der Waals surface area contributed by atoms with Crippen molar-refractivity contribution < 1.29 is 9.63 Å². The predicted molar refractivity (Wildman–Crippen MR) is 80.6 cm³/mol. The fraction of sp³-hybridized carbons (Fsp3) is 0. The van der Waals surface area contributed by atoms with Gasteiger partial charge >= 0.3 is 0 Å². The van der Waals surface area contributed by atoms with E-state index in [-0.39, 0.29) is 5.91 Å². The second kappa shape index (κ2) is 6.40. The van der Waals surface area contributed by atoms with Crippen molar-refractivity contribution >= 4 is 17.4 Å². The number of para-hydroxylation sites is 2. The van der Waals surface area contributed by atoms with Crippen molar-refractivity contribution in [3.8, 4) is 5.75 Å². The van der Waals surface area contributed by atoms with Gasteiger partial charge in [-0.3, -0.25) is 9.78 Å². The Bertz CT molecular complexity index is 744. The molecule has 0 saturated carbocycles. The maximum atomic E-state index is 11.9. The predicted octanol–water partition coefficient (Wildman–Crippen LogP) is 2.27. The number of anilines is 2. The molecule has 2 heterocycles. The molecule has 7 nitrogen and oxygen atoms in total. The number of pyridine rings is 1. The third-order valence-electron chi connectivity index (χ3n) is 2.83. The summed E-state index contributed by atoms with van der Waals surface area (Å²) in [4.78, 5) is 28.1. The van der Waals surface area contributed by atoms with E-state index in [2.05, 4.69) is 25.7 Å². The van der Waals surface area contributed by atoms with Crippen molar-refractivity contribution in [3.05, 3.63) is 66.9 Å². The molecule has 0 unspecified atom stereocenters. The number of aromatic amines is 1. The minimum Gasteiger partial charge on any atom is -0.377 e. The Hall–Kier alpha value is -3.35. The lowest BCUT2D eigenvalue weighted by atomic mass is 10.3. The van der Waals surface area contributed by atoms with Crippen LogP contribution in [-0.4, -0.2) is 20.9 Å². The molecular formula is C15H13N5O2. The molecule has 7 heteroatoms. The molecule has 0 aliphatic heterocycles. The van der Waals surface area contributed by atoms with Gasteiger partial charge < -0.3 is 15.1 Å². The average Bonchev–Trinajstić information content (AvgIpc) is 3.07. The van der Waals surface area contributed by atoms with Gasteiger partial charge in [-0.1, -0.05) is 12.1 Å². The van der Waals surface area contributed by atoms with Crippen LogP contribution >= 0.6 is 0 Å². The maximum Gasteiger partial charge on any atom is 0.285 e. The first-order chi connectivity index (χ1) is 10.8. The zero-order valence-corrected chi connectivity index (χ0v) is 11.5. The number of benzene rings is 1. The van der Waals surface area contributed by atoms with Gasteiger partial charge in [-0.15, -0.1) is 0 Å². The fourth-order valence-electron chi connectivity index (χ4n) is 1.79. The molecule has 0 bridgehead atoms. The van der Waals surface area contributed by atoms with Crippen LogP contribution in [0.25, 0.3) is 0 Å². The molecule has 3 N–H and O–H groups in total. The SMILES string of the molecule is O=C(NOc1ccccc1Nc1cnc[nH]1)c1cccnc1. The molecule has 110 valence electrons. The summed E-state index contributed by atoms with van der Waals surface area (Å²) in [5, 5.41) is 3.11. The van der Waals surface area contributed by atoms with Gasteiger partial charge in [0.05, 0.1) is 23.8 Å². The number of carbonyl (C=O) groups is 1. The zero-order chi connectivity index (χ0) is 15.2. The number of imidazole rings is 1. The summed E-state index contributed by atoms with van der Waals surface area (Å²) in [5.41, 5.74) is 3.50. The summed E-state index contributed by atoms with van der Waals surface area (Å²) in [6, 6.07) is 10.6. The number of hydroxylamine groups is 1. The third kappa shape index (κ3) is 3.21. The van der Waals surface area contributed by atoms with E-state index in [1.165, 1.54) is 6.20 Å². The highest BCUT2D eigenvalue weighted by Gasteiger charge is 2.08. The molecule has 3 aromatic rings. The normalized spacial score (nSPS) is 10.0. The van der Waals surface area contributed by atoms with Crippen LogP contribution < -0.4 is 15.6 Å². The largest absolute Gasteiger partial charge is 0.377 e. The first-order valence-electron chi connectivity index (χ1n) is 6.54. The molecule has 0 spiro atoms. The number of hydrogen-bond acceptors (Lipinski definition) is 5. The van der Waals surface area contributed by atoms with E-state index >= 15 is 0 Å². The lowest BCUT2D eigenvalue weighted by molar-refractivity contribution is 0.0761. The molecule has 2 aromatic heterocycles. The highest BCUT2D eigenvalue weighted by Crippen LogP contribution is 2.25. The van der Waals surface area contributed by atoms with E-state index in [0.29, 0.717) is 17.0 Å². The van der Waals surface area contributed by atoms with E-state index < -0.39 is 0 Å². The number of nitrogens with one attached hydrogen (secondary N) is 3. The van der Waals surface area contributed by atoms with Crippen LogP contribution in [-0.2, 0) is 0 Å². The van der Waals surface area contributed by atoms with Gasteiger partial charge in [0.15, 0.2) is 5.75 Å². The van der Waals surface area contributed by atoms with Gasteiger partial charge in [0.25, 0.3) is 5.91 Å². The summed E-state index contributed by atoms with van der Waals surface area (Å²) in [6.45, 7) is 0. The minimum atomic E-state index is -0.371. The minimum absolute atomic E-state index is 0.371. The van der Waals surface area contributed by atoms with Gasteiger partial charge in [0.1, 0.15) is 5.82 Å². The third-order valence-corrected chi connectivity index (χ3v) is 2.83. The van der Waals surface area contributed by atoms with Gasteiger partial charge in [0, 0.05) is 12.4 Å². The number of H-pyrrole nitrogens is 1. The van der Waals surface area contributed by atoms with Crippen molar-refractivity contribution in [3.63, 3.8) is 0 Å². The van der Waals surface area contributed by atoms with E-state index in [9.17, 15) is 4.79 Å². The molecule has 22 heavy (non-hydrogen) atoms. The van der Waals surface area contributed by atoms with E-state index in [1.54, 1.807) is 36.9 Å². The molecule has 0 fully saturated rings. The zero-order valence-electron chi connectivity index (χ0n) is 11.5. The molecule has 0 atom stereocenters. The molecule has 1 amide bonds. The van der Waals surface area contributed by atoms with Gasteiger partial charge in [0.2, 0.25) is 0 Å². The topological polar surface area (TPSA) is 91.9 Å².